The minimum atomic E-state index is -0.956. The van der Waals surface area contributed by atoms with E-state index in [1.54, 1.807) is 11.9 Å². The minimum absolute atomic E-state index is 0.659. The molecule has 1 aliphatic rings. The van der Waals surface area contributed by atoms with Gasteiger partial charge < -0.3 is 4.55 Å². The van der Waals surface area contributed by atoms with Gasteiger partial charge in [0.05, 0.1) is 22.8 Å². The van der Waals surface area contributed by atoms with Crippen LogP contribution >= 0.6 is 11.9 Å². The van der Waals surface area contributed by atoms with Crippen molar-refractivity contribution >= 4 is 23.3 Å². The van der Waals surface area contributed by atoms with Gasteiger partial charge in [-0.1, -0.05) is 29.7 Å². The molecule has 0 radical (unpaired) electrons. The first-order chi connectivity index (χ1) is 7.18. The molecule has 0 N–H and O–H groups in total. The second-order valence-electron chi connectivity index (χ2n) is 4.03. The van der Waals surface area contributed by atoms with Crippen LogP contribution in [-0.2, 0) is 11.4 Å². The highest BCUT2D eigenvalue weighted by Crippen LogP contribution is 2.41. The molecule has 0 spiro atoms. The van der Waals surface area contributed by atoms with Crippen molar-refractivity contribution in [1.29, 1.82) is 0 Å². The quantitative estimate of drug-likeness (QED) is 0.601. The number of rotatable bonds is 3. The van der Waals surface area contributed by atoms with Gasteiger partial charge in [-0.2, -0.15) is 0 Å². The second-order valence-corrected chi connectivity index (χ2v) is 6.70. The van der Waals surface area contributed by atoms with Crippen molar-refractivity contribution in [3.05, 3.63) is 24.3 Å². The van der Waals surface area contributed by atoms with E-state index in [1.807, 2.05) is 28.0 Å². The lowest BCUT2D eigenvalue weighted by Gasteiger charge is -2.15. The Morgan fingerprint density at radius 3 is 2.80 bits per heavy atom. The van der Waals surface area contributed by atoms with Crippen molar-refractivity contribution < 1.29 is 4.55 Å². The van der Waals surface area contributed by atoms with Gasteiger partial charge in [-0.25, -0.2) is 0 Å². The van der Waals surface area contributed by atoms with Crippen LogP contribution in [0.3, 0.4) is 0 Å². The topological polar surface area (TPSA) is 26.3 Å². The summed E-state index contributed by atoms with van der Waals surface area (Å²) >= 11 is 0.664. The molecule has 0 amide bonds. The molecule has 2 nitrogen and oxygen atoms in total. The van der Waals surface area contributed by atoms with E-state index in [1.165, 1.54) is 0 Å². The lowest BCUT2D eigenvalue weighted by molar-refractivity contribution is 0.499. The zero-order chi connectivity index (χ0) is 10.8. The van der Waals surface area contributed by atoms with Crippen molar-refractivity contribution in [2.75, 3.05) is 6.54 Å². The number of benzene rings is 1. The Bertz CT molecular complexity index is 343. The fourth-order valence-electron chi connectivity index (χ4n) is 1.42. The van der Waals surface area contributed by atoms with Gasteiger partial charge in [-0.05, 0) is 24.5 Å². The molecule has 1 heterocycles. The summed E-state index contributed by atoms with van der Waals surface area (Å²) < 4.78 is 14.0. The Balaban J connectivity index is 2.03. The zero-order valence-electron chi connectivity index (χ0n) is 8.97. The van der Waals surface area contributed by atoms with Crippen LogP contribution in [0.4, 0.5) is 0 Å². The average molecular weight is 241 g/mol. The van der Waals surface area contributed by atoms with Crippen LogP contribution in [0.2, 0.25) is 0 Å². The normalized spacial score (nSPS) is 20.9. The third kappa shape index (κ3) is 2.50. The number of hydrogen-bond acceptors (Lipinski definition) is 3. The van der Waals surface area contributed by atoms with Crippen LogP contribution in [0.15, 0.2) is 34.1 Å². The molecule has 0 aliphatic carbocycles. The summed E-state index contributed by atoms with van der Waals surface area (Å²) in [7, 11) is 0. The first-order valence-corrected chi connectivity index (χ1v) is 7.03. The Morgan fingerprint density at radius 2 is 2.13 bits per heavy atom. The summed E-state index contributed by atoms with van der Waals surface area (Å²) in [6.45, 7) is 5.28. The molecule has 0 aromatic heterocycles. The molecule has 1 unspecified atom stereocenters. The molecule has 1 aromatic rings. The van der Waals surface area contributed by atoms with Crippen LogP contribution in [0, 0.1) is 5.92 Å². The summed E-state index contributed by atoms with van der Waals surface area (Å²) in [5.41, 5.74) is 0. The molecule has 1 atom stereocenters. The van der Waals surface area contributed by atoms with Gasteiger partial charge in [0.1, 0.15) is 0 Å². The van der Waals surface area contributed by atoms with Gasteiger partial charge in [0.15, 0.2) is 4.90 Å². The third-order valence-corrected chi connectivity index (χ3v) is 5.29. The Morgan fingerprint density at radius 1 is 1.40 bits per heavy atom. The van der Waals surface area contributed by atoms with Gasteiger partial charge in [-0.3, -0.25) is 0 Å². The molecule has 1 aromatic carbocycles. The Hall–Kier alpha value is -0.160. The molecule has 2 rings (SSSR count). The van der Waals surface area contributed by atoms with Gasteiger partial charge in [-0.15, -0.1) is 0 Å². The van der Waals surface area contributed by atoms with Crippen LogP contribution < -0.4 is 0 Å². The van der Waals surface area contributed by atoms with Gasteiger partial charge in [0, 0.05) is 11.9 Å². The van der Waals surface area contributed by atoms with Crippen molar-refractivity contribution in [2.24, 2.45) is 5.92 Å². The van der Waals surface area contributed by atoms with Gasteiger partial charge in [0.25, 0.3) is 0 Å². The van der Waals surface area contributed by atoms with Crippen LogP contribution in [-0.4, -0.2) is 14.8 Å². The molecular weight excluding hydrogens is 226 g/mol. The SMILES string of the molecule is CC(C)CCN1Sc2ccccc2[S+]1[O-]. The van der Waals surface area contributed by atoms with Crippen molar-refractivity contribution in [2.45, 2.75) is 30.1 Å². The smallest absolute Gasteiger partial charge is 0.190 e. The third-order valence-electron chi connectivity index (χ3n) is 2.31. The van der Waals surface area contributed by atoms with Crippen LogP contribution in [0.5, 0.6) is 0 Å². The highest BCUT2D eigenvalue weighted by Gasteiger charge is 2.34. The Kier molecular flexibility index (Phi) is 3.61. The van der Waals surface area contributed by atoms with Gasteiger partial charge >= 0.3 is 0 Å². The first kappa shape index (κ1) is 11.3. The fourth-order valence-corrected chi connectivity index (χ4v) is 4.13. The number of hydrogen-bond donors (Lipinski definition) is 0. The molecule has 15 heavy (non-hydrogen) atoms. The lowest BCUT2D eigenvalue weighted by Crippen LogP contribution is -2.21. The molecular formula is C11H15NOS2. The largest absolute Gasteiger partial charge is 0.592 e. The van der Waals surface area contributed by atoms with Crippen molar-refractivity contribution in [3.63, 3.8) is 0 Å². The molecule has 0 saturated carbocycles. The maximum absolute atomic E-state index is 12.0. The minimum Gasteiger partial charge on any atom is -0.592 e. The fraction of sp³-hybridized carbons (Fsp3) is 0.455. The monoisotopic (exact) mass is 241 g/mol. The average Bonchev–Trinajstić information content (AvgIpc) is 2.54. The summed E-state index contributed by atoms with van der Waals surface area (Å²) in [5, 5.41) is 0. The molecule has 0 saturated heterocycles. The van der Waals surface area contributed by atoms with Crippen LogP contribution in [0.25, 0.3) is 0 Å². The maximum atomic E-state index is 12.0. The van der Waals surface area contributed by atoms with E-state index in [-0.39, 0.29) is 0 Å². The number of fused-ring (bicyclic) bond motifs is 1. The molecule has 82 valence electrons. The number of nitrogens with zero attached hydrogens (tertiary/aromatic N) is 1. The van der Waals surface area contributed by atoms with E-state index >= 15 is 0 Å². The van der Waals surface area contributed by atoms with E-state index in [9.17, 15) is 4.55 Å². The van der Waals surface area contributed by atoms with E-state index < -0.39 is 11.4 Å². The van der Waals surface area contributed by atoms with E-state index in [2.05, 4.69) is 13.8 Å². The molecule has 4 heteroatoms. The highest BCUT2D eigenvalue weighted by atomic mass is 32.3. The molecule has 0 bridgehead atoms. The standard InChI is InChI=1S/C11H15NOS2/c1-9(2)7-8-12-14-10-5-3-4-6-11(10)15(12)13/h3-6,9H,7-8H2,1-2H3. The Labute approximate surface area is 98.5 Å². The second kappa shape index (κ2) is 4.78. The lowest BCUT2D eigenvalue weighted by atomic mass is 10.1. The van der Waals surface area contributed by atoms with E-state index in [4.69, 9.17) is 0 Å². The van der Waals surface area contributed by atoms with Crippen LogP contribution in [0.1, 0.15) is 20.3 Å². The molecule has 1 aliphatic heterocycles. The van der Waals surface area contributed by atoms with Gasteiger partial charge in [0.2, 0.25) is 0 Å². The van der Waals surface area contributed by atoms with E-state index in [0.29, 0.717) is 5.92 Å². The predicted molar refractivity (Wildman–Crippen MR) is 64.9 cm³/mol. The van der Waals surface area contributed by atoms with Crippen molar-refractivity contribution in [1.82, 2.24) is 3.71 Å². The maximum Gasteiger partial charge on any atom is 0.190 e. The molecule has 0 fully saturated rings. The van der Waals surface area contributed by atoms with Crippen molar-refractivity contribution in [3.8, 4) is 0 Å². The summed E-state index contributed by atoms with van der Waals surface area (Å²) in [5.74, 6) is 0.659. The zero-order valence-corrected chi connectivity index (χ0v) is 10.6. The highest BCUT2D eigenvalue weighted by molar-refractivity contribution is 8.11. The summed E-state index contributed by atoms with van der Waals surface area (Å²) in [4.78, 5) is 2.10. The van der Waals surface area contributed by atoms with E-state index in [0.717, 1.165) is 22.8 Å². The summed E-state index contributed by atoms with van der Waals surface area (Å²) in [6, 6.07) is 7.93. The first-order valence-electron chi connectivity index (χ1n) is 5.15. The predicted octanol–water partition coefficient (Wildman–Crippen LogP) is 3.08. The summed E-state index contributed by atoms with van der Waals surface area (Å²) in [6.07, 6.45) is 1.09.